The monoisotopic (exact) mass is 377 g/mol. The summed E-state index contributed by atoms with van der Waals surface area (Å²) < 4.78 is 29.3. The van der Waals surface area contributed by atoms with E-state index in [9.17, 15) is 23.1 Å². The van der Waals surface area contributed by atoms with Crippen LogP contribution in [0.1, 0.15) is 33.2 Å². The van der Waals surface area contributed by atoms with Gasteiger partial charge in [0.05, 0.1) is 23.3 Å². The first kappa shape index (κ1) is 19.5. The Balaban J connectivity index is 2.23. The molecule has 0 spiro atoms. The van der Waals surface area contributed by atoms with Gasteiger partial charge in [-0.25, -0.2) is 13.2 Å². The molecule has 2 N–H and O–H groups in total. The summed E-state index contributed by atoms with van der Waals surface area (Å²) in [5.41, 5.74) is 0.585. The third-order valence-corrected chi connectivity index (χ3v) is 5.58. The molecule has 0 fully saturated rings. The van der Waals surface area contributed by atoms with Gasteiger partial charge in [0.2, 0.25) is 0 Å². The minimum Gasteiger partial charge on any atom is -0.496 e. The quantitative estimate of drug-likeness (QED) is 0.765. The number of hydrogen-bond acceptors (Lipinski definition) is 5. The lowest BCUT2D eigenvalue weighted by atomic mass is 10.1. The molecule has 0 heterocycles. The van der Waals surface area contributed by atoms with Crippen molar-refractivity contribution in [2.75, 3.05) is 12.9 Å². The summed E-state index contributed by atoms with van der Waals surface area (Å²) in [5, 5.41) is 11.8. The second-order valence-corrected chi connectivity index (χ2v) is 7.67. The fourth-order valence-corrected chi connectivity index (χ4v) is 3.48. The van der Waals surface area contributed by atoms with Crippen molar-refractivity contribution in [2.24, 2.45) is 0 Å². The summed E-state index contributed by atoms with van der Waals surface area (Å²) in [6.45, 7) is 1.55. The zero-order chi connectivity index (χ0) is 19.3. The van der Waals surface area contributed by atoms with Crippen molar-refractivity contribution in [1.29, 1.82) is 0 Å². The molecule has 1 amide bonds. The molecule has 0 aliphatic carbocycles. The van der Waals surface area contributed by atoms with Gasteiger partial charge in [-0.15, -0.1) is 0 Å². The largest absolute Gasteiger partial charge is 0.496 e. The van der Waals surface area contributed by atoms with Crippen LogP contribution in [0.5, 0.6) is 5.75 Å². The van der Waals surface area contributed by atoms with Crippen LogP contribution in [0.25, 0.3) is 0 Å². The average Bonchev–Trinajstić information content (AvgIpc) is 2.65. The van der Waals surface area contributed by atoms with Gasteiger partial charge in [0.25, 0.3) is 5.91 Å². The predicted molar refractivity (Wildman–Crippen MR) is 95.3 cm³/mol. The fraction of sp³-hybridized carbons (Fsp3) is 0.222. The normalized spacial score (nSPS) is 11.0. The number of amides is 1. The minimum absolute atomic E-state index is 0.0202. The molecular weight excluding hydrogens is 358 g/mol. The molecule has 26 heavy (non-hydrogen) atoms. The number of benzene rings is 2. The Labute approximate surface area is 151 Å². The van der Waals surface area contributed by atoms with Crippen LogP contribution >= 0.6 is 0 Å². The highest BCUT2D eigenvalue weighted by atomic mass is 32.2. The van der Waals surface area contributed by atoms with E-state index in [1.165, 1.54) is 38.3 Å². The van der Waals surface area contributed by atoms with Crippen molar-refractivity contribution in [3.8, 4) is 5.75 Å². The molecule has 2 aromatic carbocycles. The van der Waals surface area contributed by atoms with E-state index >= 15 is 0 Å². The summed E-state index contributed by atoms with van der Waals surface area (Å²) >= 11 is 0. The Morgan fingerprint density at radius 1 is 1.12 bits per heavy atom. The molecule has 0 aliphatic rings. The van der Waals surface area contributed by atoms with Crippen LogP contribution in [-0.2, 0) is 16.4 Å². The lowest BCUT2D eigenvalue weighted by molar-refractivity contribution is 0.0693. The van der Waals surface area contributed by atoms with E-state index in [0.29, 0.717) is 5.56 Å². The van der Waals surface area contributed by atoms with Crippen LogP contribution in [0.15, 0.2) is 47.4 Å². The van der Waals surface area contributed by atoms with E-state index < -0.39 is 21.7 Å². The van der Waals surface area contributed by atoms with Crippen LogP contribution in [0.2, 0.25) is 0 Å². The number of hydrogen-bond donors (Lipinski definition) is 2. The lowest BCUT2D eigenvalue weighted by Gasteiger charge is -2.11. The summed E-state index contributed by atoms with van der Waals surface area (Å²) in [6.07, 6.45) is 0. The van der Waals surface area contributed by atoms with Crippen LogP contribution in [0.3, 0.4) is 0 Å². The number of rotatable bonds is 7. The van der Waals surface area contributed by atoms with Crippen molar-refractivity contribution < 1.29 is 27.9 Å². The smallest absolute Gasteiger partial charge is 0.339 e. The van der Waals surface area contributed by atoms with Crippen LogP contribution in [0.4, 0.5) is 0 Å². The van der Waals surface area contributed by atoms with Crippen molar-refractivity contribution in [3.05, 3.63) is 59.2 Å². The third kappa shape index (κ3) is 4.20. The number of ether oxygens (including phenoxy) is 1. The van der Waals surface area contributed by atoms with Crippen LogP contribution in [-0.4, -0.2) is 38.3 Å². The van der Waals surface area contributed by atoms with Crippen LogP contribution < -0.4 is 10.1 Å². The molecule has 0 aromatic heterocycles. The van der Waals surface area contributed by atoms with Gasteiger partial charge in [-0.2, -0.15) is 0 Å². The molecular formula is C18H19NO6S. The molecule has 8 heteroatoms. The van der Waals surface area contributed by atoms with Gasteiger partial charge in [-0.1, -0.05) is 25.1 Å². The van der Waals surface area contributed by atoms with Crippen molar-refractivity contribution >= 4 is 21.7 Å². The second kappa shape index (κ2) is 8.01. The number of carboxylic acids is 1. The number of carboxylic acid groups (broad SMARTS) is 1. The van der Waals surface area contributed by atoms with Gasteiger partial charge < -0.3 is 15.2 Å². The summed E-state index contributed by atoms with van der Waals surface area (Å²) in [4.78, 5) is 23.6. The number of aromatic carboxylic acids is 1. The first-order valence-electron chi connectivity index (χ1n) is 7.80. The molecule has 0 unspecified atom stereocenters. The average molecular weight is 377 g/mol. The number of carbonyl (C=O) groups is 2. The van der Waals surface area contributed by atoms with E-state index in [2.05, 4.69) is 5.32 Å². The Morgan fingerprint density at radius 3 is 2.42 bits per heavy atom. The minimum atomic E-state index is -3.54. The Kier molecular flexibility index (Phi) is 5.99. The van der Waals surface area contributed by atoms with Gasteiger partial charge in [-0.05, 0) is 29.8 Å². The Morgan fingerprint density at radius 2 is 1.81 bits per heavy atom. The van der Waals surface area contributed by atoms with Crippen LogP contribution in [0, 0.1) is 0 Å². The molecule has 0 saturated heterocycles. The number of sulfone groups is 1. The molecule has 0 saturated carbocycles. The fourth-order valence-electron chi connectivity index (χ4n) is 2.39. The maximum absolute atomic E-state index is 12.4. The van der Waals surface area contributed by atoms with E-state index in [0.717, 1.165) is 0 Å². The molecule has 7 nitrogen and oxygen atoms in total. The lowest BCUT2D eigenvalue weighted by Crippen LogP contribution is -2.25. The van der Waals surface area contributed by atoms with Crippen molar-refractivity contribution in [1.82, 2.24) is 5.32 Å². The molecule has 2 rings (SSSR count). The van der Waals surface area contributed by atoms with Gasteiger partial charge in [0.15, 0.2) is 9.84 Å². The standard InChI is InChI=1S/C18H19NO6S/c1-3-26(23,24)16-7-5-4-6-13(16)17(20)19-11-12-8-9-15(25-2)14(10-12)18(21)22/h4-10H,3,11H2,1-2H3,(H,19,20)(H,21,22). The third-order valence-electron chi connectivity index (χ3n) is 3.79. The van der Waals surface area contributed by atoms with Gasteiger partial charge in [0.1, 0.15) is 11.3 Å². The summed E-state index contributed by atoms with van der Waals surface area (Å²) in [6, 6.07) is 10.5. The first-order chi connectivity index (χ1) is 12.3. The molecule has 0 bridgehead atoms. The maximum atomic E-state index is 12.4. The highest BCUT2D eigenvalue weighted by Crippen LogP contribution is 2.20. The zero-order valence-electron chi connectivity index (χ0n) is 14.4. The Bertz CT molecular complexity index is 936. The number of carbonyl (C=O) groups excluding carboxylic acids is 1. The van der Waals surface area contributed by atoms with Gasteiger partial charge in [-0.3, -0.25) is 4.79 Å². The zero-order valence-corrected chi connectivity index (χ0v) is 15.2. The Hall–Kier alpha value is -2.87. The number of nitrogens with one attached hydrogen (secondary N) is 1. The highest BCUT2D eigenvalue weighted by molar-refractivity contribution is 7.91. The van der Waals surface area contributed by atoms with E-state index in [-0.39, 0.29) is 34.1 Å². The molecule has 0 atom stereocenters. The molecule has 2 aromatic rings. The predicted octanol–water partition coefficient (Wildman–Crippen LogP) is 2.12. The SMILES string of the molecule is CCS(=O)(=O)c1ccccc1C(=O)NCc1ccc(OC)c(C(=O)O)c1. The topological polar surface area (TPSA) is 110 Å². The van der Waals surface area contributed by atoms with E-state index in [1.807, 2.05) is 0 Å². The van der Waals surface area contributed by atoms with Gasteiger partial charge in [0, 0.05) is 6.54 Å². The molecule has 138 valence electrons. The summed E-state index contributed by atoms with van der Waals surface area (Å²) in [5.74, 6) is -1.59. The van der Waals surface area contributed by atoms with E-state index in [4.69, 9.17) is 4.74 Å². The molecule has 0 aliphatic heterocycles. The number of methoxy groups -OCH3 is 1. The first-order valence-corrected chi connectivity index (χ1v) is 9.45. The maximum Gasteiger partial charge on any atom is 0.339 e. The van der Waals surface area contributed by atoms with Crippen molar-refractivity contribution in [2.45, 2.75) is 18.4 Å². The second-order valence-electron chi connectivity index (χ2n) is 5.42. The summed E-state index contributed by atoms with van der Waals surface area (Å²) in [7, 11) is -2.17. The highest BCUT2D eigenvalue weighted by Gasteiger charge is 2.20. The van der Waals surface area contributed by atoms with Gasteiger partial charge >= 0.3 is 5.97 Å². The molecule has 0 radical (unpaired) electrons. The van der Waals surface area contributed by atoms with Crippen molar-refractivity contribution in [3.63, 3.8) is 0 Å². The van der Waals surface area contributed by atoms with E-state index in [1.54, 1.807) is 18.2 Å².